The van der Waals surface area contributed by atoms with Crippen molar-refractivity contribution in [2.24, 2.45) is 0 Å². The molecule has 1 aromatic heterocycles. The lowest BCUT2D eigenvalue weighted by molar-refractivity contribution is 0.528. The normalized spacial score (nSPS) is 11.6. The zero-order valence-corrected chi connectivity index (χ0v) is 10.6. The molecule has 0 unspecified atom stereocenters. The van der Waals surface area contributed by atoms with Gasteiger partial charge in [-0.1, -0.05) is 12.1 Å². The van der Waals surface area contributed by atoms with E-state index in [1.807, 2.05) is 0 Å². The van der Waals surface area contributed by atoms with E-state index in [0.29, 0.717) is 17.2 Å². The highest BCUT2D eigenvalue weighted by atomic mass is 35.5. The van der Waals surface area contributed by atoms with Gasteiger partial charge in [-0.15, -0.1) is 11.6 Å². The maximum atomic E-state index is 11.4. The SMILES string of the molecule is CS(=O)(=O)c1cccc(-c2cnc(CCl)o2)c1. The van der Waals surface area contributed by atoms with Gasteiger partial charge in [0.2, 0.25) is 5.89 Å². The molecular weight excluding hydrogens is 262 g/mol. The molecule has 0 bridgehead atoms. The van der Waals surface area contributed by atoms with Gasteiger partial charge in [0.25, 0.3) is 0 Å². The van der Waals surface area contributed by atoms with E-state index in [9.17, 15) is 8.42 Å². The van der Waals surface area contributed by atoms with Gasteiger partial charge in [0.1, 0.15) is 0 Å². The van der Waals surface area contributed by atoms with Gasteiger partial charge in [-0.05, 0) is 12.1 Å². The van der Waals surface area contributed by atoms with Crippen molar-refractivity contribution in [2.75, 3.05) is 6.26 Å². The molecule has 0 aliphatic carbocycles. The molecule has 6 heteroatoms. The molecule has 0 saturated carbocycles. The highest BCUT2D eigenvalue weighted by Gasteiger charge is 2.10. The van der Waals surface area contributed by atoms with Crippen LogP contribution in [0.1, 0.15) is 5.89 Å². The summed E-state index contributed by atoms with van der Waals surface area (Å²) < 4.78 is 28.2. The largest absolute Gasteiger partial charge is 0.439 e. The Hall–Kier alpha value is -1.33. The fraction of sp³-hybridized carbons (Fsp3) is 0.182. The second-order valence-electron chi connectivity index (χ2n) is 3.55. The van der Waals surface area contributed by atoms with Crippen LogP contribution in [-0.2, 0) is 15.7 Å². The number of benzene rings is 1. The number of hydrogen-bond acceptors (Lipinski definition) is 4. The smallest absolute Gasteiger partial charge is 0.209 e. The van der Waals surface area contributed by atoms with Crippen molar-refractivity contribution < 1.29 is 12.8 Å². The number of nitrogens with zero attached hydrogens (tertiary/aromatic N) is 1. The molecule has 0 spiro atoms. The Bertz CT molecular complexity index is 634. The van der Waals surface area contributed by atoms with Gasteiger partial charge in [-0.3, -0.25) is 0 Å². The molecule has 4 nitrogen and oxygen atoms in total. The van der Waals surface area contributed by atoms with E-state index in [1.165, 1.54) is 12.3 Å². The zero-order chi connectivity index (χ0) is 12.5. The second-order valence-corrected chi connectivity index (χ2v) is 5.83. The first-order valence-electron chi connectivity index (χ1n) is 4.82. The average Bonchev–Trinajstić information content (AvgIpc) is 2.76. The lowest BCUT2D eigenvalue weighted by Gasteiger charge is -2.00. The first-order chi connectivity index (χ1) is 8.00. The van der Waals surface area contributed by atoms with Crippen molar-refractivity contribution in [3.8, 4) is 11.3 Å². The summed E-state index contributed by atoms with van der Waals surface area (Å²) >= 11 is 5.58. The van der Waals surface area contributed by atoms with E-state index in [-0.39, 0.29) is 10.8 Å². The molecule has 17 heavy (non-hydrogen) atoms. The number of hydrogen-bond donors (Lipinski definition) is 0. The van der Waals surface area contributed by atoms with Gasteiger partial charge in [-0.2, -0.15) is 0 Å². The van der Waals surface area contributed by atoms with Gasteiger partial charge in [0.15, 0.2) is 15.6 Å². The summed E-state index contributed by atoms with van der Waals surface area (Å²) in [5.74, 6) is 1.10. The maximum absolute atomic E-state index is 11.4. The average molecular weight is 272 g/mol. The third-order valence-electron chi connectivity index (χ3n) is 2.21. The number of alkyl halides is 1. The summed E-state index contributed by atoms with van der Waals surface area (Å²) in [5, 5.41) is 0. The van der Waals surface area contributed by atoms with Crippen LogP contribution in [0.2, 0.25) is 0 Å². The lowest BCUT2D eigenvalue weighted by Crippen LogP contribution is -1.96. The van der Waals surface area contributed by atoms with Crippen LogP contribution in [0.3, 0.4) is 0 Å². The van der Waals surface area contributed by atoms with Crippen molar-refractivity contribution in [3.63, 3.8) is 0 Å². The summed E-state index contributed by atoms with van der Waals surface area (Å²) in [4.78, 5) is 4.20. The molecule has 0 atom stereocenters. The quantitative estimate of drug-likeness (QED) is 0.805. The van der Waals surface area contributed by atoms with E-state index in [0.717, 1.165) is 6.26 Å². The Balaban J connectivity index is 2.46. The Morgan fingerprint density at radius 2 is 2.18 bits per heavy atom. The Morgan fingerprint density at radius 3 is 2.76 bits per heavy atom. The van der Waals surface area contributed by atoms with Crippen LogP contribution >= 0.6 is 11.6 Å². The highest BCUT2D eigenvalue weighted by molar-refractivity contribution is 7.90. The molecule has 0 aliphatic rings. The van der Waals surface area contributed by atoms with Crippen molar-refractivity contribution in [2.45, 2.75) is 10.8 Å². The van der Waals surface area contributed by atoms with Crippen LogP contribution in [0.25, 0.3) is 11.3 Å². The fourth-order valence-electron chi connectivity index (χ4n) is 1.39. The summed E-state index contributed by atoms with van der Waals surface area (Å²) in [6.07, 6.45) is 2.69. The van der Waals surface area contributed by atoms with E-state index in [1.54, 1.807) is 18.2 Å². The van der Waals surface area contributed by atoms with Crippen molar-refractivity contribution in [3.05, 3.63) is 36.4 Å². The molecule has 2 rings (SSSR count). The fourth-order valence-corrected chi connectivity index (χ4v) is 2.18. The van der Waals surface area contributed by atoms with E-state index >= 15 is 0 Å². The van der Waals surface area contributed by atoms with Crippen LogP contribution < -0.4 is 0 Å². The molecule has 0 saturated heterocycles. The van der Waals surface area contributed by atoms with Crippen molar-refractivity contribution >= 4 is 21.4 Å². The molecule has 1 aromatic carbocycles. The highest BCUT2D eigenvalue weighted by Crippen LogP contribution is 2.23. The number of halogens is 1. The van der Waals surface area contributed by atoms with E-state index < -0.39 is 9.84 Å². The van der Waals surface area contributed by atoms with Crippen molar-refractivity contribution in [1.82, 2.24) is 4.98 Å². The van der Waals surface area contributed by atoms with Gasteiger partial charge in [0.05, 0.1) is 17.0 Å². The molecule has 0 aliphatic heterocycles. The Morgan fingerprint density at radius 1 is 1.41 bits per heavy atom. The molecule has 0 fully saturated rings. The first-order valence-corrected chi connectivity index (χ1v) is 7.24. The first kappa shape index (κ1) is 12.1. The lowest BCUT2D eigenvalue weighted by atomic mass is 10.2. The molecule has 1 heterocycles. The summed E-state index contributed by atoms with van der Waals surface area (Å²) in [6, 6.07) is 6.51. The van der Waals surface area contributed by atoms with E-state index in [4.69, 9.17) is 16.0 Å². The van der Waals surface area contributed by atoms with E-state index in [2.05, 4.69) is 4.98 Å². The van der Waals surface area contributed by atoms with Crippen LogP contribution in [0.4, 0.5) is 0 Å². The van der Waals surface area contributed by atoms with Crippen LogP contribution in [0, 0.1) is 0 Å². The standard InChI is InChI=1S/C11H10ClNO3S/c1-17(14,15)9-4-2-3-8(5-9)10-7-13-11(6-12)16-10/h2-5,7H,6H2,1H3. The predicted octanol–water partition coefficient (Wildman–Crippen LogP) is 2.48. The minimum absolute atomic E-state index is 0.186. The summed E-state index contributed by atoms with van der Waals surface area (Å²) in [6.45, 7) is 0. The summed E-state index contributed by atoms with van der Waals surface area (Å²) in [7, 11) is -3.22. The molecular formula is C11H10ClNO3S. The van der Waals surface area contributed by atoms with Crippen molar-refractivity contribution in [1.29, 1.82) is 0 Å². The molecule has 90 valence electrons. The Labute approximate surface area is 104 Å². The van der Waals surface area contributed by atoms with Crippen LogP contribution in [-0.4, -0.2) is 19.7 Å². The van der Waals surface area contributed by atoms with Gasteiger partial charge in [-0.25, -0.2) is 13.4 Å². The monoisotopic (exact) mass is 271 g/mol. The minimum atomic E-state index is -3.22. The van der Waals surface area contributed by atoms with Gasteiger partial charge < -0.3 is 4.42 Å². The predicted molar refractivity (Wildman–Crippen MR) is 64.6 cm³/mol. The van der Waals surface area contributed by atoms with Crippen LogP contribution in [0.15, 0.2) is 39.8 Å². The maximum Gasteiger partial charge on any atom is 0.209 e. The number of oxazole rings is 1. The second kappa shape index (κ2) is 4.50. The van der Waals surface area contributed by atoms with Gasteiger partial charge >= 0.3 is 0 Å². The number of sulfone groups is 1. The summed E-state index contributed by atoms with van der Waals surface area (Å²) in [5.41, 5.74) is 0.664. The number of aromatic nitrogens is 1. The minimum Gasteiger partial charge on any atom is -0.439 e. The topological polar surface area (TPSA) is 60.2 Å². The Kier molecular flexibility index (Phi) is 3.22. The third-order valence-corrected chi connectivity index (χ3v) is 3.55. The van der Waals surface area contributed by atoms with Gasteiger partial charge in [0, 0.05) is 11.8 Å². The zero-order valence-electron chi connectivity index (χ0n) is 9.05. The third kappa shape index (κ3) is 2.68. The molecule has 0 radical (unpaired) electrons. The molecule has 0 N–H and O–H groups in total. The number of rotatable bonds is 3. The van der Waals surface area contributed by atoms with Crippen LogP contribution in [0.5, 0.6) is 0 Å². The molecule has 2 aromatic rings. The molecule has 0 amide bonds.